The van der Waals surface area contributed by atoms with Crippen molar-refractivity contribution in [2.75, 3.05) is 25.4 Å². The lowest BCUT2D eigenvalue weighted by molar-refractivity contribution is 0.215. The lowest BCUT2D eigenvalue weighted by atomic mass is 10.1. The number of benzene rings is 1. The van der Waals surface area contributed by atoms with E-state index in [1.165, 1.54) is 7.11 Å². The van der Waals surface area contributed by atoms with Crippen LogP contribution in [0.25, 0.3) is 0 Å². The van der Waals surface area contributed by atoms with Gasteiger partial charge in [0.1, 0.15) is 31.2 Å². The van der Waals surface area contributed by atoms with Crippen molar-refractivity contribution >= 4 is 18.0 Å². The van der Waals surface area contributed by atoms with Gasteiger partial charge in [-0.3, -0.25) is 0 Å². The maximum absolute atomic E-state index is 5.82. The van der Waals surface area contributed by atoms with E-state index in [-0.39, 0.29) is 0 Å². The third-order valence-corrected chi connectivity index (χ3v) is 3.34. The second kappa shape index (κ2) is 10.2. The average Bonchev–Trinajstić information content (AvgIpc) is 2.45. The van der Waals surface area contributed by atoms with E-state index in [2.05, 4.69) is 9.99 Å². The van der Waals surface area contributed by atoms with Crippen LogP contribution in [-0.2, 0) is 4.84 Å². The minimum Gasteiger partial charge on any atom is -0.490 e. The standard InChI is InChI=1S/C16H23NO3S/c1-5-6-8-19-15-10-13(2)16(14(3)11-15)20-12-21-9-7-17-18-4/h5-7,10-11H,8-9,12H2,1-4H3/b6-5+,17-7+. The first kappa shape index (κ1) is 17.4. The highest BCUT2D eigenvalue weighted by Gasteiger charge is 2.07. The van der Waals surface area contributed by atoms with Gasteiger partial charge in [-0.2, -0.15) is 0 Å². The number of nitrogens with zero attached hydrogens (tertiary/aromatic N) is 1. The van der Waals surface area contributed by atoms with Gasteiger partial charge in [-0.1, -0.05) is 17.3 Å². The molecule has 0 N–H and O–H groups in total. The summed E-state index contributed by atoms with van der Waals surface area (Å²) in [5.41, 5.74) is 2.16. The Hall–Kier alpha value is -1.62. The fourth-order valence-electron chi connectivity index (χ4n) is 1.77. The maximum Gasteiger partial charge on any atom is 0.134 e. The van der Waals surface area contributed by atoms with E-state index in [0.717, 1.165) is 28.4 Å². The molecule has 4 nitrogen and oxygen atoms in total. The van der Waals surface area contributed by atoms with Gasteiger partial charge in [0.25, 0.3) is 0 Å². The molecule has 1 aromatic carbocycles. The van der Waals surface area contributed by atoms with Crippen molar-refractivity contribution in [1.82, 2.24) is 0 Å². The number of ether oxygens (including phenoxy) is 2. The van der Waals surface area contributed by atoms with Gasteiger partial charge in [0.2, 0.25) is 0 Å². The maximum atomic E-state index is 5.82. The molecule has 116 valence electrons. The fourth-order valence-corrected chi connectivity index (χ4v) is 2.23. The zero-order valence-electron chi connectivity index (χ0n) is 13.1. The minimum atomic E-state index is 0.580. The summed E-state index contributed by atoms with van der Waals surface area (Å²) in [5.74, 6) is 3.13. The van der Waals surface area contributed by atoms with Gasteiger partial charge < -0.3 is 14.3 Å². The molecule has 1 rings (SSSR count). The first-order valence-corrected chi connectivity index (χ1v) is 7.95. The molecule has 0 aliphatic heterocycles. The predicted molar refractivity (Wildman–Crippen MR) is 89.7 cm³/mol. The summed E-state index contributed by atoms with van der Waals surface area (Å²) in [6, 6.07) is 4.01. The topological polar surface area (TPSA) is 40.0 Å². The van der Waals surface area contributed by atoms with Crippen LogP contribution >= 0.6 is 11.8 Å². The third-order valence-electron chi connectivity index (χ3n) is 2.67. The van der Waals surface area contributed by atoms with E-state index in [1.807, 2.05) is 45.1 Å². The quantitative estimate of drug-likeness (QED) is 0.228. The first-order chi connectivity index (χ1) is 10.2. The van der Waals surface area contributed by atoms with Gasteiger partial charge in [0.05, 0.1) is 6.21 Å². The molecule has 0 atom stereocenters. The van der Waals surface area contributed by atoms with Gasteiger partial charge in [0.15, 0.2) is 0 Å². The monoisotopic (exact) mass is 309 g/mol. The van der Waals surface area contributed by atoms with E-state index < -0.39 is 0 Å². The zero-order valence-corrected chi connectivity index (χ0v) is 13.9. The van der Waals surface area contributed by atoms with E-state index in [9.17, 15) is 0 Å². The lowest BCUT2D eigenvalue weighted by Crippen LogP contribution is -2.00. The summed E-state index contributed by atoms with van der Waals surface area (Å²) in [7, 11) is 1.53. The highest BCUT2D eigenvalue weighted by atomic mass is 32.2. The third kappa shape index (κ3) is 6.58. The van der Waals surface area contributed by atoms with Crippen molar-refractivity contribution in [3.05, 3.63) is 35.4 Å². The number of hydrogen-bond donors (Lipinski definition) is 0. The Balaban J connectivity index is 2.53. The van der Waals surface area contributed by atoms with Gasteiger partial charge >= 0.3 is 0 Å². The number of hydrogen-bond acceptors (Lipinski definition) is 5. The molecule has 0 saturated heterocycles. The number of aryl methyl sites for hydroxylation is 2. The summed E-state index contributed by atoms with van der Waals surface area (Å²) in [4.78, 5) is 4.59. The molecular weight excluding hydrogens is 286 g/mol. The molecule has 0 fully saturated rings. The Morgan fingerprint density at radius 1 is 1.19 bits per heavy atom. The highest BCUT2D eigenvalue weighted by Crippen LogP contribution is 2.29. The van der Waals surface area contributed by atoms with Crippen LogP contribution in [0.1, 0.15) is 18.1 Å². The van der Waals surface area contributed by atoms with Gasteiger partial charge in [-0.05, 0) is 44.0 Å². The molecule has 0 radical (unpaired) electrons. The second-order valence-corrected chi connectivity index (χ2v) is 5.35. The summed E-state index contributed by atoms with van der Waals surface area (Å²) in [5, 5.41) is 3.68. The van der Waals surface area contributed by atoms with Gasteiger partial charge in [0, 0.05) is 5.75 Å². The molecule has 0 bridgehead atoms. The van der Waals surface area contributed by atoms with Crippen molar-refractivity contribution in [1.29, 1.82) is 0 Å². The molecule has 0 amide bonds. The van der Waals surface area contributed by atoms with Crippen molar-refractivity contribution < 1.29 is 14.3 Å². The van der Waals surface area contributed by atoms with Crippen LogP contribution in [0.15, 0.2) is 29.4 Å². The number of rotatable bonds is 9. The van der Waals surface area contributed by atoms with Crippen LogP contribution in [0.5, 0.6) is 11.5 Å². The van der Waals surface area contributed by atoms with Crippen LogP contribution in [0.3, 0.4) is 0 Å². The summed E-state index contributed by atoms with van der Waals surface area (Å²) in [6.45, 7) is 6.62. The fraction of sp³-hybridized carbons (Fsp3) is 0.438. The molecule has 0 saturated carbocycles. The van der Waals surface area contributed by atoms with E-state index >= 15 is 0 Å². The van der Waals surface area contributed by atoms with Crippen LogP contribution in [0, 0.1) is 13.8 Å². The Morgan fingerprint density at radius 2 is 1.90 bits per heavy atom. The van der Waals surface area contributed by atoms with Gasteiger partial charge in [-0.15, -0.1) is 11.8 Å². The van der Waals surface area contributed by atoms with Crippen molar-refractivity contribution in [2.45, 2.75) is 20.8 Å². The SMILES string of the molecule is C/C=C/COc1cc(C)c(OCSC/C=N/OC)c(C)c1. The van der Waals surface area contributed by atoms with Crippen molar-refractivity contribution in [3.63, 3.8) is 0 Å². The Kier molecular flexibility index (Phi) is 8.43. The van der Waals surface area contributed by atoms with Gasteiger partial charge in [-0.25, -0.2) is 0 Å². The molecule has 0 unspecified atom stereocenters. The number of thioether (sulfide) groups is 1. The summed E-state index contributed by atoms with van der Waals surface area (Å²) < 4.78 is 11.5. The van der Waals surface area contributed by atoms with Crippen molar-refractivity contribution in [2.24, 2.45) is 5.16 Å². The Morgan fingerprint density at radius 3 is 2.52 bits per heavy atom. The normalized spacial score (nSPS) is 11.2. The zero-order chi connectivity index (χ0) is 15.5. The predicted octanol–water partition coefficient (Wildman–Crippen LogP) is 3.96. The Bertz CT molecular complexity index is 463. The Labute approximate surface area is 131 Å². The molecule has 0 spiro atoms. The summed E-state index contributed by atoms with van der Waals surface area (Å²) in [6.07, 6.45) is 5.67. The molecule has 21 heavy (non-hydrogen) atoms. The molecule has 0 aliphatic rings. The second-order valence-electron chi connectivity index (χ2n) is 4.37. The summed E-state index contributed by atoms with van der Waals surface area (Å²) >= 11 is 1.63. The van der Waals surface area contributed by atoms with Crippen LogP contribution in [0.4, 0.5) is 0 Å². The van der Waals surface area contributed by atoms with Crippen molar-refractivity contribution in [3.8, 4) is 11.5 Å². The number of oxime groups is 1. The van der Waals surface area contributed by atoms with E-state index in [4.69, 9.17) is 9.47 Å². The minimum absolute atomic E-state index is 0.580. The van der Waals surface area contributed by atoms with Crippen LogP contribution < -0.4 is 9.47 Å². The molecule has 1 aromatic rings. The molecule has 5 heteroatoms. The molecular formula is C16H23NO3S. The van der Waals surface area contributed by atoms with E-state index in [0.29, 0.717) is 12.5 Å². The molecule has 0 aromatic heterocycles. The van der Waals surface area contributed by atoms with Crippen LogP contribution in [0.2, 0.25) is 0 Å². The van der Waals surface area contributed by atoms with Crippen LogP contribution in [-0.4, -0.2) is 31.6 Å². The average molecular weight is 309 g/mol. The lowest BCUT2D eigenvalue weighted by Gasteiger charge is -2.13. The molecule has 0 heterocycles. The highest BCUT2D eigenvalue weighted by molar-refractivity contribution is 7.99. The first-order valence-electron chi connectivity index (χ1n) is 6.79. The van der Waals surface area contributed by atoms with E-state index in [1.54, 1.807) is 18.0 Å². The number of allylic oxidation sites excluding steroid dienone is 1. The smallest absolute Gasteiger partial charge is 0.134 e. The largest absolute Gasteiger partial charge is 0.490 e. The molecule has 0 aliphatic carbocycles.